The fraction of sp³-hybridized carbons (Fsp3) is 0.562. The summed E-state index contributed by atoms with van der Waals surface area (Å²) in [6, 6.07) is 6.70. The van der Waals surface area contributed by atoms with Crippen LogP contribution in [0.2, 0.25) is 0 Å². The van der Waals surface area contributed by atoms with E-state index in [1.54, 1.807) is 0 Å². The number of likely N-dealkylation sites (N-methyl/N-ethyl adjacent to an activating group) is 1. The summed E-state index contributed by atoms with van der Waals surface area (Å²) in [5, 5.41) is 0. The first-order chi connectivity index (χ1) is 9.19. The van der Waals surface area contributed by atoms with E-state index < -0.39 is 0 Å². The molecule has 1 aromatic carbocycles. The number of rotatable bonds is 5. The van der Waals surface area contributed by atoms with Gasteiger partial charge < -0.3 is 9.80 Å². The molecule has 1 amide bonds. The van der Waals surface area contributed by atoms with Crippen LogP contribution < -0.4 is 4.90 Å². The van der Waals surface area contributed by atoms with Gasteiger partial charge in [0.15, 0.2) is 0 Å². The summed E-state index contributed by atoms with van der Waals surface area (Å²) in [5.74, 6) is 0. The third kappa shape index (κ3) is 2.98. The minimum Gasteiger partial charge on any atom is -0.310 e. The van der Waals surface area contributed by atoms with Gasteiger partial charge in [-0.3, -0.25) is 4.79 Å². The highest BCUT2D eigenvalue weighted by Gasteiger charge is 2.26. The van der Waals surface area contributed by atoms with Gasteiger partial charge in [-0.05, 0) is 44.5 Å². The van der Waals surface area contributed by atoms with Crippen LogP contribution in [0, 0.1) is 6.92 Å². The lowest BCUT2D eigenvalue weighted by Gasteiger charge is -2.37. The lowest BCUT2D eigenvalue weighted by molar-refractivity contribution is -0.108. The first kappa shape index (κ1) is 14.1. The van der Waals surface area contributed by atoms with Crippen molar-refractivity contribution in [3.8, 4) is 0 Å². The maximum absolute atomic E-state index is 11.5. The molecule has 0 saturated heterocycles. The number of carbonyl (C=O) groups excluding carboxylic acids is 1. The lowest BCUT2D eigenvalue weighted by atomic mass is 9.94. The van der Waals surface area contributed by atoms with Crippen molar-refractivity contribution >= 4 is 12.1 Å². The van der Waals surface area contributed by atoms with E-state index in [4.69, 9.17) is 0 Å². The number of nitrogens with zero attached hydrogens (tertiary/aromatic N) is 2. The number of hydrogen-bond acceptors (Lipinski definition) is 2. The highest BCUT2D eigenvalue weighted by molar-refractivity contribution is 5.79. The largest absolute Gasteiger partial charge is 0.310 e. The van der Waals surface area contributed by atoms with Crippen LogP contribution in [0.1, 0.15) is 31.4 Å². The van der Waals surface area contributed by atoms with E-state index in [1.165, 1.54) is 11.1 Å². The topological polar surface area (TPSA) is 23.6 Å². The molecule has 0 spiro atoms. The third-order valence-electron chi connectivity index (χ3n) is 4.13. The van der Waals surface area contributed by atoms with E-state index in [1.807, 2.05) is 4.90 Å². The summed E-state index contributed by atoms with van der Waals surface area (Å²) in [6.07, 6.45) is 3.14. The van der Waals surface area contributed by atoms with Crippen molar-refractivity contribution in [2.24, 2.45) is 0 Å². The number of anilines is 1. The van der Waals surface area contributed by atoms with Crippen LogP contribution in [-0.4, -0.2) is 37.0 Å². The standard InChI is InChI=1S/C16H24N2O/c1-4-17(5-2)11-15-8-7-14-10-13(3)6-9-16(14)18(15)12-19/h6,9-10,12,15H,4-5,7-8,11H2,1-3H3/t15-/m0/s1. The van der Waals surface area contributed by atoms with Gasteiger partial charge in [0.2, 0.25) is 6.41 Å². The van der Waals surface area contributed by atoms with Crippen LogP contribution in [0.25, 0.3) is 0 Å². The fourth-order valence-corrected chi connectivity index (χ4v) is 2.93. The maximum Gasteiger partial charge on any atom is 0.214 e. The Bertz CT molecular complexity index is 440. The first-order valence-corrected chi connectivity index (χ1v) is 7.25. The molecule has 3 heteroatoms. The second-order valence-electron chi connectivity index (χ2n) is 5.32. The predicted molar refractivity (Wildman–Crippen MR) is 79.6 cm³/mol. The first-order valence-electron chi connectivity index (χ1n) is 7.25. The number of fused-ring (bicyclic) bond motifs is 1. The molecule has 0 bridgehead atoms. The van der Waals surface area contributed by atoms with Gasteiger partial charge >= 0.3 is 0 Å². The minimum absolute atomic E-state index is 0.313. The van der Waals surface area contributed by atoms with Gasteiger partial charge in [0.1, 0.15) is 0 Å². The van der Waals surface area contributed by atoms with Crippen LogP contribution in [-0.2, 0) is 11.2 Å². The molecule has 0 saturated carbocycles. The smallest absolute Gasteiger partial charge is 0.214 e. The second-order valence-corrected chi connectivity index (χ2v) is 5.32. The van der Waals surface area contributed by atoms with Gasteiger partial charge in [-0.1, -0.05) is 31.5 Å². The van der Waals surface area contributed by atoms with E-state index in [-0.39, 0.29) is 0 Å². The summed E-state index contributed by atoms with van der Waals surface area (Å²) in [4.78, 5) is 15.8. The zero-order valence-corrected chi connectivity index (χ0v) is 12.2. The van der Waals surface area contributed by atoms with Gasteiger partial charge in [-0.2, -0.15) is 0 Å². The van der Waals surface area contributed by atoms with Crippen molar-refractivity contribution in [1.82, 2.24) is 4.90 Å². The van der Waals surface area contributed by atoms with Crippen LogP contribution in [0.4, 0.5) is 5.69 Å². The van der Waals surface area contributed by atoms with Gasteiger partial charge in [0, 0.05) is 18.3 Å². The molecule has 19 heavy (non-hydrogen) atoms. The number of hydrogen-bond donors (Lipinski definition) is 0. The van der Waals surface area contributed by atoms with Crippen LogP contribution in [0.15, 0.2) is 18.2 Å². The molecule has 1 atom stereocenters. The molecule has 0 fully saturated rings. The summed E-state index contributed by atoms with van der Waals surface area (Å²) >= 11 is 0. The molecule has 0 radical (unpaired) electrons. The molecule has 0 aromatic heterocycles. The third-order valence-corrected chi connectivity index (χ3v) is 4.13. The van der Waals surface area contributed by atoms with Crippen molar-refractivity contribution in [2.45, 2.75) is 39.7 Å². The SMILES string of the molecule is CCN(CC)C[C@@H]1CCc2cc(C)ccc2N1C=O. The summed E-state index contributed by atoms with van der Waals surface area (Å²) < 4.78 is 0. The van der Waals surface area contributed by atoms with Crippen LogP contribution in [0.5, 0.6) is 0 Å². The van der Waals surface area contributed by atoms with E-state index >= 15 is 0 Å². The zero-order chi connectivity index (χ0) is 13.8. The van der Waals surface area contributed by atoms with Gasteiger partial charge in [0.25, 0.3) is 0 Å². The quantitative estimate of drug-likeness (QED) is 0.760. The van der Waals surface area contributed by atoms with Gasteiger partial charge in [-0.15, -0.1) is 0 Å². The Labute approximate surface area is 116 Å². The van der Waals surface area contributed by atoms with E-state index in [0.717, 1.165) is 44.6 Å². The maximum atomic E-state index is 11.5. The van der Waals surface area contributed by atoms with Crippen LogP contribution in [0.3, 0.4) is 0 Å². The summed E-state index contributed by atoms with van der Waals surface area (Å²) in [5.41, 5.74) is 3.68. The Hall–Kier alpha value is -1.35. The Kier molecular flexibility index (Phi) is 4.59. The monoisotopic (exact) mass is 260 g/mol. The van der Waals surface area contributed by atoms with Crippen molar-refractivity contribution < 1.29 is 4.79 Å². The molecule has 1 aliphatic rings. The van der Waals surface area contributed by atoms with Crippen molar-refractivity contribution in [1.29, 1.82) is 0 Å². The average molecular weight is 260 g/mol. The summed E-state index contributed by atoms with van der Waals surface area (Å²) in [6.45, 7) is 9.51. The fourth-order valence-electron chi connectivity index (χ4n) is 2.93. The normalized spacial score (nSPS) is 18.5. The molecule has 1 heterocycles. The summed E-state index contributed by atoms with van der Waals surface area (Å²) in [7, 11) is 0. The number of amides is 1. The van der Waals surface area contributed by atoms with Crippen molar-refractivity contribution in [3.05, 3.63) is 29.3 Å². The van der Waals surface area contributed by atoms with E-state index in [0.29, 0.717) is 6.04 Å². The van der Waals surface area contributed by atoms with Crippen LogP contribution >= 0.6 is 0 Å². The van der Waals surface area contributed by atoms with E-state index in [9.17, 15) is 4.79 Å². The zero-order valence-electron chi connectivity index (χ0n) is 12.2. The number of benzene rings is 1. The molecule has 2 rings (SSSR count). The highest BCUT2D eigenvalue weighted by atomic mass is 16.1. The molecular weight excluding hydrogens is 236 g/mol. The average Bonchev–Trinajstić information content (AvgIpc) is 2.44. The van der Waals surface area contributed by atoms with Crippen molar-refractivity contribution in [3.63, 3.8) is 0 Å². The molecule has 0 N–H and O–H groups in total. The Morgan fingerprint density at radius 1 is 1.37 bits per heavy atom. The molecule has 0 unspecified atom stereocenters. The Balaban J connectivity index is 2.21. The Morgan fingerprint density at radius 2 is 2.11 bits per heavy atom. The second kappa shape index (κ2) is 6.20. The Morgan fingerprint density at radius 3 is 2.74 bits per heavy atom. The molecule has 3 nitrogen and oxygen atoms in total. The molecule has 104 valence electrons. The molecule has 0 aliphatic carbocycles. The molecule has 1 aromatic rings. The predicted octanol–water partition coefficient (Wildman–Crippen LogP) is 2.61. The van der Waals surface area contributed by atoms with Gasteiger partial charge in [0.05, 0.1) is 0 Å². The van der Waals surface area contributed by atoms with Crippen molar-refractivity contribution in [2.75, 3.05) is 24.5 Å². The molecule has 1 aliphatic heterocycles. The number of aryl methyl sites for hydroxylation is 2. The van der Waals surface area contributed by atoms with E-state index in [2.05, 4.69) is 43.9 Å². The number of carbonyl (C=O) groups is 1. The minimum atomic E-state index is 0.313. The lowest BCUT2D eigenvalue weighted by Crippen LogP contribution is -2.46. The molecular formula is C16H24N2O. The highest BCUT2D eigenvalue weighted by Crippen LogP contribution is 2.30. The van der Waals surface area contributed by atoms with Gasteiger partial charge in [-0.25, -0.2) is 0 Å².